The number of carbonyl (C=O) groups excluding carboxylic acids is 2. The molecule has 23 heavy (non-hydrogen) atoms. The molecule has 4 nitrogen and oxygen atoms in total. The number of amides is 1. The van der Waals surface area contributed by atoms with Crippen molar-refractivity contribution in [1.82, 2.24) is 0 Å². The van der Waals surface area contributed by atoms with Crippen LogP contribution in [0.3, 0.4) is 0 Å². The monoisotopic (exact) mass is 327 g/mol. The summed E-state index contributed by atoms with van der Waals surface area (Å²) in [6, 6.07) is 11.0. The van der Waals surface area contributed by atoms with Crippen LogP contribution >= 0.6 is 11.8 Å². The zero-order valence-corrected chi connectivity index (χ0v) is 13.8. The zero-order valence-electron chi connectivity index (χ0n) is 13.0. The van der Waals surface area contributed by atoms with Gasteiger partial charge in [0.25, 0.3) is 0 Å². The summed E-state index contributed by atoms with van der Waals surface area (Å²) in [5.74, 6) is 0.876. The molecule has 0 aromatic heterocycles. The Labute approximate surface area is 139 Å². The molecule has 1 aliphatic rings. The third-order valence-corrected chi connectivity index (χ3v) is 4.75. The lowest BCUT2D eigenvalue weighted by Crippen LogP contribution is -2.13. The first kappa shape index (κ1) is 15.6. The van der Waals surface area contributed by atoms with Crippen LogP contribution in [-0.2, 0) is 4.79 Å². The first-order valence-corrected chi connectivity index (χ1v) is 8.38. The predicted octanol–water partition coefficient (Wildman–Crippen LogP) is 3.96. The number of rotatable bonds is 2. The highest BCUT2D eigenvalue weighted by atomic mass is 32.2. The van der Waals surface area contributed by atoms with E-state index in [1.807, 2.05) is 38.1 Å². The summed E-state index contributed by atoms with van der Waals surface area (Å²) < 4.78 is 5.55. The third-order valence-electron chi connectivity index (χ3n) is 3.68. The Morgan fingerprint density at radius 3 is 2.65 bits per heavy atom. The zero-order chi connectivity index (χ0) is 16.4. The van der Waals surface area contributed by atoms with E-state index in [4.69, 9.17) is 4.74 Å². The second kappa shape index (κ2) is 6.46. The van der Waals surface area contributed by atoms with Gasteiger partial charge in [0, 0.05) is 17.1 Å². The van der Waals surface area contributed by atoms with E-state index < -0.39 is 5.97 Å². The molecule has 0 fully saturated rings. The van der Waals surface area contributed by atoms with Gasteiger partial charge in [-0.2, -0.15) is 0 Å². The molecular weight excluding hydrogens is 310 g/mol. The van der Waals surface area contributed by atoms with Crippen molar-refractivity contribution in [2.75, 3.05) is 11.1 Å². The van der Waals surface area contributed by atoms with Gasteiger partial charge in [-0.05, 0) is 43.2 Å². The molecular formula is C18H17NO3S. The lowest BCUT2D eigenvalue weighted by Gasteiger charge is -2.12. The standard InChI is InChI=1S/C18H17NO3S/c1-11-4-3-5-12(2)17(11)22-18(21)13-6-7-15-14(10-13)19-16(20)8-9-23-15/h3-7,10H,8-9H2,1-2H3,(H,19,20). The number of carbonyl (C=O) groups is 2. The number of nitrogens with one attached hydrogen (secondary N) is 1. The Morgan fingerprint density at radius 2 is 1.91 bits per heavy atom. The smallest absolute Gasteiger partial charge is 0.343 e. The minimum atomic E-state index is -0.423. The molecule has 118 valence electrons. The van der Waals surface area contributed by atoms with Crippen molar-refractivity contribution in [2.24, 2.45) is 0 Å². The molecule has 1 N–H and O–H groups in total. The van der Waals surface area contributed by atoms with Crippen molar-refractivity contribution in [3.05, 3.63) is 53.1 Å². The molecule has 1 heterocycles. The molecule has 2 aromatic carbocycles. The molecule has 0 aliphatic carbocycles. The first-order valence-electron chi connectivity index (χ1n) is 7.39. The molecule has 0 atom stereocenters. The van der Waals surface area contributed by atoms with Crippen molar-refractivity contribution in [3.63, 3.8) is 0 Å². The summed E-state index contributed by atoms with van der Waals surface area (Å²) in [6.07, 6.45) is 0.474. The van der Waals surface area contributed by atoms with Gasteiger partial charge in [0.05, 0.1) is 11.3 Å². The fourth-order valence-electron chi connectivity index (χ4n) is 2.46. The van der Waals surface area contributed by atoms with Crippen LogP contribution < -0.4 is 10.1 Å². The largest absolute Gasteiger partial charge is 0.422 e. The van der Waals surface area contributed by atoms with E-state index in [-0.39, 0.29) is 5.91 Å². The average molecular weight is 327 g/mol. The van der Waals surface area contributed by atoms with Crippen molar-refractivity contribution < 1.29 is 14.3 Å². The topological polar surface area (TPSA) is 55.4 Å². The van der Waals surface area contributed by atoms with E-state index in [1.54, 1.807) is 23.9 Å². The summed E-state index contributed by atoms with van der Waals surface area (Å²) >= 11 is 1.61. The van der Waals surface area contributed by atoms with Crippen LogP contribution in [0.15, 0.2) is 41.3 Å². The Morgan fingerprint density at radius 1 is 1.17 bits per heavy atom. The van der Waals surface area contributed by atoms with Crippen molar-refractivity contribution in [1.29, 1.82) is 0 Å². The molecule has 0 spiro atoms. The second-order valence-corrected chi connectivity index (χ2v) is 6.60. The molecule has 0 unspecified atom stereocenters. The Bertz CT molecular complexity index is 766. The molecule has 3 rings (SSSR count). The number of fused-ring (bicyclic) bond motifs is 1. The van der Waals surface area contributed by atoms with E-state index >= 15 is 0 Å². The Kier molecular flexibility index (Phi) is 4.39. The Balaban J connectivity index is 1.87. The number of esters is 1. The number of benzene rings is 2. The number of ether oxygens (including phenoxy) is 1. The third kappa shape index (κ3) is 3.40. The minimum Gasteiger partial charge on any atom is -0.422 e. The van der Waals surface area contributed by atoms with Gasteiger partial charge >= 0.3 is 5.97 Å². The van der Waals surface area contributed by atoms with E-state index in [0.717, 1.165) is 21.8 Å². The quantitative estimate of drug-likeness (QED) is 0.670. The summed E-state index contributed by atoms with van der Waals surface area (Å²) in [5.41, 5.74) is 2.93. The van der Waals surface area contributed by atoms with Crippen LogP contribution in [0.5, 0.6) is 5.75 Å². The highest BCUT2D eigenvalue weighted by Gasteiger charge is 2.17. The molecule has 0 radical (unpaired) electrons. The molecule has 1 amide bonds. The maximum Gasteiger partial charge on any atom is 0.343 e. The fourth-order valence-corrected chi connectivity index (χ4v) is 3.40. The summed E-state index contributed by atoms with van der Waals surface area (Å²) in [4.78, 5) is 25.1. The maximum absolute atomic E-state index is 12.4. The number of para-hydroxylation sites is 1. The highest BCUT2D eigenvalue weighted by molar-refractivity contribution is 7.99. The average Bonchev–Trinajstić information content (AvgIpc) is 2.70. The summed E-state index contributed by atoms with van der Waals surface area (Å²) in [6.45, 7) is 3.81. The fraction of sp³-hybridized carbons (Fsp3) is 0.222. The van der Waals surface area contributed by atoms with E-state index in [2.05, 4.69) is 5.32 Å². The molecule has 0 saturated heterocycles. The summed E-state index contributed by atoms with van der Waals surface area (Å²) in [5, 5.41) is 2.84. The van der Waals surface area contributed by atoms with Crippen LogP contribution in [0.4, 0.5) is 5.69 Å². The lowest BCUT2D eigenvalue weighted by atomic mass is 10.1. The number of thioether (sulfide) groups is 1. The van der Waals surface area contributed by atoms with Gasteiger partial charge in [-0.15, -0.1) is 11.8 Å². The predicted molar refractivity (Wildman–Crippen MR) is 91.3 cm³/mol. The lowest BCUT2D eigenvalue weighted by molar-refractivity contribution is -0.115. The normalized spacial score (nSPS) is 13.7. The highest BCUT2D eigenvalue weighted by Crippen LogP contribution is 2.32. The van der Waals surface area contributed by atoms with E-state index in [1.165, 1.54) is 0 Å². The van der Waals surface area contributed by atoms with Crippen LogP contribution in [-0.4, -0.2) is 17.6 Å². The van der Waals surface area contributed by atoms with Gasteiger partial charge in [0.2, 0.25) is 5.91 Å². The van der Waals surface area contributed by atoms with Gasteiger partial charge in [-0.3, -0.25) is 4.79 Å². The number of anilines is 1. The number of aryl methyl sites for hydroxylation is 2. The number of hydrogen-bond acceptors (Lipinski definition) is 4. The second-order valence-electron chi connectivity index (χ2n) is 5.47. The Hall–Kier alpha value is -2.27. The van der Waals surface area contributed by atoms with Crippen molar-refractivity contribution in [2.45, 2.75) is 25.2 Å². The van der Waals surface area contributed by atoms with Gasteiger partial charge in [-0.25, -0.2) is 4.79 Å². The minimum absolute atomic E-state index is 0.0310. The SMILES string of the molecule is Cc1cccc(C)c1OC(=O)c1ccc2c(c1)NC(=O)CCS2. The van der Waals surface area contributed by atoms with Gasteiger partial charge in [0.15, 0.2) is 0 Å². The van der Waals surface area contributed by atoms with Gasteiger partial charge in [0.1, 0.15) is 5.75 Å². The van der Waals surface area contributed by atoms with Crippen LogP contribution in [0.2, 0.25) is 0 Å². The van der Waals surface area contributed by atoms with Crippen LogP contribution in [0.1, 0.15) is 27.9 Å². The molecule has 1 aliphatic heterocycles. The van der Waals surface area contributed by atoms with Gasteiger partial charge < -0.3 is 10.1 Å². The molecule has 5 heteroatoms. The molecule has 0 saturated carbocycles. The summed E-state index contributed by atoms with van der Waals surface area (Å²) in [7, 11) is 0. The maximum atomic E-state index is 12.4. The van der Waals surface area contributed by atoms with Crippen molar-refractivity contribution >= 4 is 29.3 Å². The van der Waals surface area contributed by atoms with E-state index in [9.17, 15) is 9.59 Å². The van der Waals surface area contributed by atoms with Crippen LogP contribution in [0.25, 0.3) is 0 Å². The first-order chi connectivity index (χ1) is 11.0. The van der Waals surface area contributed by atoms with Crippen molar-refractivity contribution in [3.8, 4) is 5.75 Å². The molecule has 2 aromatic rings. The van der Waals surface area contributed by atoms with Gasteiger partial charge in [-0.1, -0.05) is 18.2 Å². The number of hydrogen-bond donors (Lipinski definition) is 1. The molecule has 0 bridgehead atoms. The van der Waals surface area contributed by atoms with E-state index in [0.29, 0.717) is 23.4 Å². The van der Waals surface area contributed by atoms with Crippen LogP contribution in [0, 0.1) is 13.8 Å².